The van der Waals surface area contributed by atoms with Gasteiger partial charge in [-0.25, -0.2) is 0 Å². The normalized spacial score (nSPS) is 13.1. The number of amides is 2. The number of carbonyl (C=O) groups excluding carboxylic acids is 2. The summed E-state index contributed by atoms with van der Waals surface area (Å²) in [6.07, 6.45) is 2.08. The van der Waals surface area contributed by atoms with Crippen LogP contribution >= 0.6 is 11.8 Å². The van der Waals surface area contributed by atoms with Crippen molar-refractivity contribution in [2.24, 2.45) is 0 Å². The van der Waals surface area contributed by atoms with Crippen LogP contribution in [0.5, 0.6) is 0 Å². The van der Waals surface area contributed by atoms with Crippen molar-refractivity contribution >= 4 is 29.3 Å². The summed E-state index contributed by atoms with van der Waals surface area (Å²) in [5.74, 6) is 0.732. The highest BCUT2D eigenvalue weighted by Crippen LogP contribution is 2.28. The molecule has 5 rings (SSSR count). The number of nitrogens with one attached hydrogen (secondary N) is 1. The van der Waals surface area contributed by atoms with E-state index in [0.29, 0.717) is 22.2 Å². The number of likely N-dealkylation sites (tertiary alicyclic amines) is 1. The fourth-order valence-corrected chi connectivity index (χ4v) is 5.11. The lowest BCUT2D eigenvalue weighted by Gasteiger charge is -2.18. The first kappa shape index (κ1) is 23.8. The summed E-state index contributed by atoms with van der Waals surface area (Å²) < 4.78 is 1.97. The van der Waals surface area contributed by atoms with E-state index in [0.717, 1.165) is 42.7 Å². The van der Waals surface area contributed by atoms with Gasteiger partial charge in [-0.05, 0) is 49.6 Å². The number of benzene rings is 3. The highest BCUT2D eigenvalue weighted by molar-refractivity contribution is 7.99. The average molecular weight is 498 g/mol. The topological polar surface area (TPSA) is 80.1 Å². The average Bonchev–Trinajstić information content (AvgIpc) is 3.60. The van der Waals surface area contributed by atoms with Gasteiger partial charge in [0.2, 0.25) is 5.91 Å². The highest BCUT2D eigenvalue weighted by Gasteiger charge is 2.22. The van der Waals surface area contributed by atoms with Gasteiger partial charge in [-0.3, -0.25) is 14.2 Å². The Hall–Kier alpha value is -3.91. The second kappa shape index (κ2) is 10.8. The first-order valence-electron chi connectivity index (χ1n) is 12.0. The molecular weight excluding hydrogens is 470 g/mol. The standard InChI is InChI=1S/C28H27N5O2S/c1-20-23(27(35)32-17-8-9-18-32)15-10-16-24(20)29-25(34)19-36-28-31-30-26(21-11-4-2-5-12-21)33(28)22-13-6-3-7-14-22/h2-7,10-16H,8-9,17-19H2,1H3,(H,29,34). The Kier molecular flexibility index (Phi) is 7.13. The SMILES string of the molecule is Cc1c(NC(=O)CSc2nnc(-c3ccccc3)n2-c2ccccc2)cccc1C(=O)N1CCCC1. The second-order valence-electron chi connectivity index (χ2n) is 8.66. The van der Waals surface area contributed by atoms with E-state index in [-0.39, 0.29) is 17.6 Å². The van der Waals surface area contributed by atoms with E-state index in [1.807, 2.05) is 95.3 Å². The summed E-state index contributed by atoms with van der Waals surface area (Å²) in [7, 11) is 0. The van der Waals surface area contributed by atoms with E-state index < -0.39 is 0 Å². The summed E-state index contributed by atoms with van der Waals surface area (Å²) in [5, 5.41) is 12.4. The minimum Gasteiger partial charge on any atom is -0.339 e. The van der Waals surface area contributed by atoms with Gasteiger partial charge < -0.3 is 10.2 Å². The van der Waals surface area contributed by atoms with E-state index >= 15 is 0 Å². The number of hydrogen-bond acceptors (Lipinski definition) is 5. The quantitative estimate of drug-likeness (QED) is 0.355. The number of aromatic nitrogens is 3. The van der Waals surface area contributed by atoms with Gasteiger partial charge in [0.05, 0.1) is 5.75 Å². The van der Waals surface area contributed by atoms with E-state index in [1.54, 1.807) is 0 Å². The molecule has 7 nitrogen and oxygen atoms in total. The molecule has 1 fully saturated rings. The third-order valence-electron chi connectivity index (χ3n) is 6.24. The maximum Gasteiger partial charge on any atom is 0.254 e. The number of thioether (sulfide) groups is 1. The van der Waals surface area contributed by atoms with Crippen molar-refractivity contribution in [1.82, 2.24) is 19.7 Å². The molecule has 0 spiro atoms. The second-order valence-corrected chi connectivity index (χ2v) is 9.60. The van der Waals surface area contributed by atoms with Gasteiger partial charge in [0.1, 0.15) is 0 Å². The lowest BCUT2D eigenvalue weighted by Crippen LogP contribution is -2.28. The van der Waals surface area contributed by atoms with Gasteiger partial charge in [-0.1, -0.05) is 66.4 Å². The van der Waals surface area contributed by atoms with Crippen LogP contribution in [0.15, 0.2) is 84.0 Å². The molecule has 1 N–H and O–H groups in total. The molecule has 0 saturated carbocycles. The molecule has 1 aromatic heterocycles. The minimum atomic E-state index is -0.169. The molecule has 3 aromatic carbocycles. The first-order valence-corrected chi connectivity index (χ1v) is 13.0. The van der Waals surface area contributed by atoms with Crippen molar-refractivity contribution in [1.29, 1.82) is 0 Å². The molecule has 0 atom stereocenters. The molecule has 2 amide bonds. The van der Waals surface area contributed by atoms with Crippen LogP contribution < -0.4 is 5.32 Å². The molecule has 1 aliphatic heterocycles. The molecule has 0 aliphatic carbocycles. The molecule has 0 unspecified atom stereocenters. The fraction of sp³-hybridized carbons (Fsp3) is 0.214. The Morgan fingerprint density at radius 1 is 0.889 bits per heavy atom. The minimum absolute atomic E-state index is 0.0277. The predicted molar refractivity (Wildman–Crippen MR) is 142 cm³/mol. The van der Waals surface area contributed by atoms with Gasteiger partial charge in [-0.2, -0.15) is 0 Å². The van der Waals surface area contributed by atoms with Crippen LogP contribution in [0, 0.1) is 6.92 Å². The number of para-hydroxylation sites is 1. The Balaban J connectivity index is 1.33. The molecule has 8 heteroatoms. The van der Waals surface area contributed by atoms with E-state index in [2.05, 4.69) is 15.5 Å². The Morgan fingerprint density at radius 3 is 2.31 bits per heavy atom. The van der Waals surface area contributed by atoms with Crippen LogP contribution in [-0.2, 0) is 4.79 Å². The van der Waals surface area contributed by atoms with Crippen LogP contribution in [0.25, 0.3) is 17.1 Å². The monoisotopic (exact) mass is 497 g/mol. The molecule has 4 aromatic rings. The first-order chi connectivity index (χ1) is 17.6. The molecule has 36 heavy (non-hydrogen) atoms. The van der Waals surface area contributed by atoms with Crippen LogP contribution in [0.4, 0.5) is 5.69 Å². The third-order valence-corrected chi connectivity index (χ3v) is 7.17. The van der Waals surface area contributed by atoms with E-state index in [4.69, 9.17) is 0 Å². The van der Waals surface area contributed by atoms with Gasteiger partial charge in [0.25, 0.3) is 5.91 Å². The highest BCUT2D eigenvalue weighted by atomic mass is 32.2. The zero-order chi connectivity index (χ0) is 24.9. The molecule has 1 aliphatic rings. The molecule has 2 heterocycles. The number of rotatable bonds is 7. The van der Waals surface area contributed by atoms with E-state index in [1.165, 1.54) is 11.8 Å². The zero-order valence-corrected chi connectivity index (χ0v) is 20.9. The summed E-state index contributed by atoms with van der Waals surface area (Å²) in [6.45, 7) is 3.46. The van der Waals surface area contributed by atoms with Crippen molar-refractivity contribution in [2.75, 3.05) is 24.2 Å². The third kappa shape index (κ3) is 5.04. The van der Waals surface area contributed by atoms with Gasteiger partial charge in [0, 0.05) is 35.6 Å². The van der Waals surface area contributed by atoms with Crippen molar-refractivity contribution < 1.29 is 9.59 Å². The molecule has 182 valence electrons. The molecule has 0 radical (unpaired) electrons. The maximum absolute atomic E-state index is 12.9. The van der Waals surface area contributed by atoms with Crippen LogP contribution in [0.3, 0.4) is 0 Å². The predicted octanol–water partition coefficient (Wildman–Crippen LogP) is 5.21. The fourth-order valence-electron chi connectivity index (χ4n) is 4.36. The molecule has 0 bridgehead atoms. The number of carbonyl (C=O) groups is 2. The van der Waals surface area contributed by atoms with E-state index in [9.17, 15) is 9.59 Å². The Bertz CT molecular complexity index is 1370. The zero-order valence-electron chi connectivity index (χ0n) is 20.1. The van der Waals surface area contributed by atoms with Crippen molar-refractivity contribution in [3.8, 4) is 17.1 Å². The van der Waals surface area contributed by atoms with Gasteiger partial charge in [-0.15, -0.1) is 10.2 Å². The van der Waals surface area contributed by atoms with Gasteiger partial charge >= 0.3 is 0 Å². The van der Waals surface area contributed by atoms with Crippen LogP contribution in [-0.4, -0.2) is 50.3 Å². The molecular formula is C28H27N5O2S. The summed E-state index contributed by atoms with van der Waals surface area (Å²) in [6, 6.07) is 25.2. The van der Waals surface area contributed by atoms with Crippen LogP contribution in [0.2, 0.25) is 0 Å². The Morgan fingerprint density at radius 2 is 1.58 bits per heavy atom. The lowest BCUT2D eigenvalue weighted by atomic mass is 10.1. The summed E-state index contributed by atoms with van der Waals surface area (Å²) in [5.41, 5.74) is 3.94. The number of hydrogen-bond donors (Lipinski definition) is 1. The maximum atomic E-state index is 12.9. The number of nitrogens with zero attached hydrogens (tertiary/aromatic N) is 4. The van der Waals surface area contributed by atoms with Crippen molar-refractivity contribution in [3.05, 3.63) is 90.0 Å². The smallest absolute Gasteiger partial charge is 0.254 e. The lowest BCUT2D eigenvalue weighted by molar-refractivity contribution is -0.113. The molecule has 1 saturated heterocycles. The summed E-state index contributed by atoms with van der Waals surface area (Å²) >= 11 is 1.32. The van der Waals surface area contributed by atoms with Crippen LogP contribution in [0.1, 0.15) is 28.8 Å². The van der Waals surface area contributed by atoms with Crippen molar-refractivity contribution in [3.63, 3.8) is 0 Å². The number of anilines is 1. The van der Waals surface area contributed by atoms with Gasteiger partial charge in [0.15, 0.2) is 11.0 Å². The summed E-state index contributed by atoms with van der Waals surface area (Å²) in [4.78, 5) is 27.7. The Labute approximate surface area is 214 Å². The largest absolute Gasteiger partial charge is 0.339 e. The van der Waals surface area contributed by atoms with Crippen molar-refractivity contribution in [2.45, 2.75) is 24.9 Å².